The highest BCUT2D eigenvalue weighted by molar-refractivity contribution is 5.89. The third kappa shape index (κ3) is 4.89. The van der Waals surface area contributed by atoms with Crippen molar-refractivity contribution in [2.75, 3.05) is 11.9 Å². The van der Waals surface area contributed by atoms with Crippen LogP contribution in [0.5, 0.6) is 0 Å². The van der Waals surface area contributed by atoms with Gasteiger partial charge in [-0.2, -0.15) is 0 Å². The topological polar surface area (TPSA) is 98.7 Å². The molecule has 0 radical (unpaired) electrons. The van der Waals surface area contributed by atoms with Gasteiger partial charge in [-0.25, -0.2) is 9.59 Å². The van der Waals surface area contributed by atoms with Gasteiger partial charge in [0.2, 0.25) is 0 Å². The normalized spacial score (nSPS) is 12.6. The Bertz CT molecular complexity index is 477. The van der Waals surface area contributed by atoms with Crippen LogP contribution >= 0.6 is 0 Å². The van der Waals surface area contributed by atoms with Crippen molar-refractivity contribution in [1.29, 1.82) is 0 Å². The van der Waals surface area contributed by atoms with Crippen molar-refractivity contribution in [2.45, 2.75) is 32.3 Å². The fourth-order valence-corrected chi connectivity index (χ4v) is 1.51. The third-order valence-electron chi connectivity index (χ3n) is 2.75. The van der Waals surface area contributed by atoms with Crippen LogP contribution in [0.15, 0.2) is 24.3 Å². The van der Waals surface area contributed by atoms with Gasteiger partial charge >= 0.3 is 12.0 Å². The van der Waals surface area contributed by atoms with Crippen molar-refractivity contribution in [1.82, 2.24) is 5.32 Å². The summed E-state index contributed by atoms with van der Waals surface area (Å²) in [6.45, 7) is 5.93. The molecule has 0 heterocycles. The van der Waals surface area contributed by atoms with Crippen LogP contribution in [0, 0.1) is 0 Å². The number of carbonyl (C=O) groups is 2. The molecule has 110 valence electrons. The van der Waals surface area contributed by atoms with E-state index < -0.39 is 18.1 Å². The molecular formula is C14H20N2O4. The van der Waals surface area contributed by atoms with Crippen LogP contribution in [-0.2, 0) is 10.2 Å². The summed E-state index contributed by atoms with van der Waals surface area (Å²) in [6.07, 6.45) is -1.61. The number of hydrogen-bond donors (Lipinski definition) is 4. The van der Waals surface area contributed by atoms with E-state index in [0.29, 0.717) is 5.69 Å². The van der Waals surface area contributed by atoms with Gasteiger partial charge in [0.1, 0.15) is 0 Å². The first kappa shape index (κ1) is 16.0. The molecule has 0 fully saturated rings. The number of urea groups is 1. The van der Waals surface area contributed by atoms with Gasteiger partial charge < -0.3 is 20.8 Å². The van der Waals surface area contributed by atoms with Gasteiger partial charge in [0.15, 0.2) is 6.10 Å². The zero-order chi connectivity index (χ0) is 15.3. The largest absolute Gasteiger partial charge is 0.479 e. The number of carbonyl (C=O) groups excluding carboxylic acids is 1. The molecule has 0 bridgehead atoms. The van der Waals surface area contributed by atoms with Gasteiger partial charge in [-0.3, -0.25) is 0 Å². The van der Waals surface area contributed by atoms with Crippen molar-refractivity contribution < 1.29 is 19.8 Å². The lowest BCUT2D eigenvalue weighted by Crippen LogP contribution is -2.38. The van der Waals surface area contributed by atoms with E-state index in [1.165, 1.54) is 0 Å². The Kier molecular flexibility index (Phi) is 5.10. The fourth-order valence-electron chi connectivity index (χ4n) is 1.51. The molecular weight excluding hydrogens is 260 g/mol. The molecule has 0 aliphatic carbocycles. The summed E-state index contributed by atoms with van der Waals surface area (Å²) in [7, 11) is 0. The quantitative estimate of drug-likeness (QED) is 0.672. The molecule has 20 heavy (non-hydrogen) atoms. The molecule has 0 saturated heterocycles. The first-order valence-electron chi connectivity index (χ1n) is 6.26. The summed E-state index contributed by atoms with van der Waals surface area (Å²) in [6, 6.07) is 6.82. The predicted molar refractivity (Wildman–Crippen MR) is 75.8 cm³/mol. The minimum absolute atomic E-state index is 0.0341. The van der Waals surface area contributed by atoms with E-state index in [1.54, 1.807) is 12.1 Å². The van der Waals surface area contributed by atoms with Gasteiger partial charge in [-0.15, -0.1) is 0 Å². The predicted octanol–water partition coefficient (Wildman–Crippen LogP) is 1.55. The second-order valence-corrected chi connectivity index (χ2v) is 5.52. The van der Waals surface area contributed by atoms with E-state index >= 15 is 0 Å². The first-order chi connectivity index (χ1) is 9.20. The molecule has 1 rings (SSSR count). The van der Waals surface area contributed by atoms with Gasteiger partial charge in [0, 0.05) is 5.69 Å². The number of aliphatic carboxylic acids is 1. The zero-order valence-electron chi connectivity index (χ0n) is 11.8. The van der Waals surface area contributed by atoms with E-state index in [0.717, 1.165) is 5.56 Å². The highest BCUT2D eigenvalue weighted by Gasteiger charge is 2.15. The van der Waals surface area contributed by atoms with Crippen molar-refractivity contribution in [3.05, 3.63) is 29.8 Å². The maximum absolute atomic E-state index is 11.5. The van der Waals surface area contributed by atoms with E-state index in [4.69, 9.17) is 10.2 Å². The van der Waals surface area contributed by atoms with Gasteiger partial charge in [-0.05, 0) is 23.1 Å². The SMILES string of the molecule is CC(C)(C)c1ccc(NC(=O)NCC(O)C(=O)O)cc1. The minimum Gasteiger partial charge on any atom is -0.479 e. The maximum Gasteiger partial charge on any atom is 0.334 e. The highest BCUT2D eigenvalue weighted by atomic mass is 16.4. The molecule has 4 N–H and O–H groups in total. The molecule has 1 aromatic carbocycles. The molecule has 0 aromatic heterocycles. The molecule has 2 amide bonds. The molecule has 0 aliphatic rings. The van der Waals surface area contributed by atoms with E-state index in [9.17, 15) is 9.59 Å². The second kappa shape index (κ2) is 6.38. The summed E-state index contributed by atoms with van der Waals surface area (Å²) < 4.78 is 0. The molecule has 0 spiro atoms. The highest BCUT2D eigenvalue weighted by Crippen LogP contribution is 2.23. The molecule has 1 aromatic rings. The maximum atomic E-state index is 11.5. The summed E-state index contributed by atoms with van der Waals surface area (Å²) in [4.78, 5) is 21.9. The fraction of sp³-hybridized carbons (Fsp3) is 0.429. The van der Waals surface area contributed by atoms with Crippen LogP contribution in [0.2, 0.25) is 0 Å². The lowest BCUT2D eigenvalue weighted by molar-refractivity contribution is -0.146. The molecule has 0 saturated carbocycles. The van der Waals surface area contributed by atoms with E-state index in [-0.39, 0.29) is 12.0 Å². The van der Waals surface area contributed by atoms with Gasteiger partial charge in [-0.1, -0.05) is 32.9 Å². The average Bonchev–Trinajstić information content (AvgIpc) is 2.35. The number of carboxylic acids is 1. The van der Waals surface area contributed by atoms with E-state index in [2.05, 4.69) is 31.4 Å². The van der Waals surface area contributed by atoms with Crippen molar-refractivity contribution in [2.24, 2.45) is 0 Å². The van der Waals surface area contributed by atoms with Crippen molar-refractivity contribution in [3.8, 4) is 0 Å². The number of carboxylic acid groups (broad SMARTS) is 1. The molecule has 1 unspecified atom stereocenters. The Balaban J connectivity index is 2.53. The molecule has 0 aliphatic heterocycles. The lowest BCUT2D eigenvalue weighted by atomic mass is 9.87. The Morgan fingerprint density at radius 3 is 2.20 bits per heavy atom. The van der Waals surface area contributed by atoms with Crippen molar-refractivity contribution >= 4 is 17.7 Å². The molecule has 6 heteroatoms. The van der Waals surface area contributed by atoms with Gasteiger partial charge in [0.05, 0.1) is 6.54 Å². The van der Waals surface area contributed by atoms with Crippen LogP contribution in [-0.4, -0.2) is 34.9 Å². The third-order valence-corrected chi connectivity index (χ3v) is 2.75. The zero-order valence-corrected chi connectivity index (χ0v) is 11.8. The first-order valence-corrected chi connectivity index (χ1v) is 6.26. The van der Waals surface area contributed by atoms with Crippen LogP contribution in [0.4, 0.5) is 10.5 Å². The van der Waals surface area contributed by atoms with Gasteiger partial charge in [0.25, 0.3) is 0 Å². The number of aliphatic hydroxyl groups excluding tert-OH is 1. The Labute approximate surface area is 117 Å². The molecule has 6 nitrogen and oxygen atoms in total. The Morgan fingerprint density at radius 1 is 1.20 bits per heavy atom. The van der Waals surface area contributed by atoms with Crippen LogP contribution in [0.25, 0.3) is 0 Å². The Hall–Kier alpha value is -2.08. The van der Waals surface area contributed by atoms with Crippen LogP contribution < -0.4 is 10.6 Å². The van der Waals surface area contributed by atoms with Crippen LogP contribution in [0.1, 0.15) is 26.3 Å². The smallest absolute Gasteiger partial charge is 0.334 e. The Morgan fingerprint density at radius 2 is 1.75 bits per heavy atom. The minimum atomic E-state index is -1.61. The molecule has 1 atom stereocenters. The number of anilines is 1. The monoisotopic (exact) mass is 280 g/mol. The number of amides is 2. The number of rotatable bonds is 4. The number of nitrogens with one attached hydrogen (secondary N) is 2. The lowest BCUT2D eigenvalue weighted by Gasteiger charge is -2.19. The summed E-state index contributed by atoms with van der Waals surface area (Å²) >= 11 is 0. The van der Waals surface area contributed by atoms with Crippen molar-refractivity contribution in [3.63, 3.8) is 0 Å². The summed E-state index contributed by atoms with van der Waals surface area (Å²) in [5, 5.41) is 22.3. The summed E-state index contributed by atoms with van der Waals surface area (Å²) in [5.41, 5.74) is 1.77. The standard InChI is InChI=1S/C14H20N2O4/c1-14(2,3)9-4-6-10(7-5-9)16-13(20)15-8-11(17)12(18)19/h4-7,11,17H,8H2,1-3H3,(H,18,19)(H2,15,16,20). The average molecular weight is 280 g/mol. The summed E-state index contributed by atoms with van der Waals surface area (Å²) in [5.74, 6) is -1.38. The number of hydrogen-bond acceptors (Lipinski definition) is 3. The van der Waals surface area contributed by atoms with Crippen LogP contribution in [0.3, 0.4) is 0 Å². The van der Waals surface area contributed by atoms with E-state index in [1.807, 2.05) is 12.1 Å². The number of aliphatic hydroxyl groups is 1. The number of benzene rings is 1. The second-order valence-electron chi connectivity index (χ2n) is 5.52.